The third-order valence-electron chi connectivity index (χ3n) is 4.03. The summed E-state index contributed by atoms with van der Waals surface area (Å²) in [6.07, 6.45) is 3.36. The fraction of sp³-hybridized carbons (Fsp3) is 0.733. The molecule has 0 bridgehead atoms. The maximum atomic E-state index is 11.8. The summed E-state index contributed by atoms with van der Waals surface area (Å²) in [6.45, 7) is 5.07. The fourth-order valence-electron chi connectivity index (χ4n) is 2.54. The van der Waals surface area contributed by atoms with Crippen LogP contribution in [0.3, 0.4) is 0 Å². The van der Waals surface area contributed by atoms with Crippen molar-refractivity contribution in [3.8, 4) is 0 Å². The van der Waals surface area contributed by atoms with E-state index < -0.39 is 0 Å². The highest BCUT2D eigenvalue weighted by molar-refractivity contribution is 6.14. The number of amidine groups is 1. The summed E-state index contributed by atoms with van der Waals surface area (Å²) >= 11 is 0. The van der Waals surface area contributed by atoms with Gasteiger partial charge in [0.2, 0.25) is 5.91 Å². The van der Waals surface area contributed by atoms with Crippen LogP contribution in [0.15, 0.2) is 9.98 Å². The van der Waals surface area contributed by atoms with Gasteiger partial charge in [-0.05, 0) is 40.2 Å². The Morgan fingerprint density at radius 3 is 2.67 bits per heavy atom. The van der Waals surface area contributed by atoms with E-state index >= 15 is 0 Å². The molecule has 2 rings (SSSR count). The quantitative estimate of drug-likeness (QED) is 0.761. The van der Waals surface area contributed by atoms with Gasteiger partial charge in [0, 0.05) is 31.3 Å². The normalized spacial score (nSPS) is 22.1. The first-order valence-electron chi connectivity index (χ1n) is 7.58. The van der Waals surface area contributed by atoms with E-state index in [1.807, 2.05) is 6.92 Å². The van der Waals surface area contributed by atoms with Crippen molar-refractivity contribution in [2.24, 2.45) is 15.9 Å². The molecule has 1 fully saturated rings. The summed E-state index contributed by atoms with van der Waals surface area (Å²) in [5.41, 5.74) is 0.758. The zero-order chi connectivity index (χ0) is 15.4. The largest absolute Gasteiger partial charge is 0.355 e. The molecule has 116 valence electrons. The lowest BCUT2D eigenvalue weighted by molar-refractivity contribution is -0.122. The highest BCUT2D eigenvalue weighted by Gasteiger charge is 2.26. The maximum Gasteiger partial charge on any atom is 0.256 e. The molecule has 1 unspecified atom stereocenters. The number of likely N-dealkylation sites (N-methyl/N-ethyl adjacent to an activating group) is 1. The number of carbonyl (C=O) groups excluding carboxylic acids is 2. The van der Waals surface area contributed by atoms with Gasteiger partial charge in [-0.2, -0.15) is 4.99 Å². The zero-order valence-electron chi connectivity index (χ0n) is 13.1. The van der Waals surface area contributed by atoms with Crippen molar-refractivity contribution in [1.29, 1.82) is 0 Å². The Balaban J connectivity index is 1.66. The number of hydrogen-bond donors (Lipinski definition) is 1. The summed E-state index contributed by atoms with van der Waals surface area (Å²) in [6, 6.07) is 0.710. The standard InChI is InChI=1S/C15H24N4O2/c1-10-13(15(21)18-11(2)17-10)6-7-14(20)16-8-9-19(3)12-4-5-12/h12-13H,4-9H2,1-3H3,(H,16,20). The van der Waals surface area contributed by atoms with Crippen LogP contribution >= 0.6 is 0 Å². The van der Waals surface area contributed by atoms with Gasteiger partial charge in [0.05, 0.1) is 5.92 Å². The van der Waals surface area contributed by atoms with E-state index in [9.17, 15) is 9.59 Å². The molecule has 2 aliphatic rings. The van der Waals surface area contributed by atoms with Crippen molar-refractivity contribution in [1.82, 2.24) is 10.2 Å². The molecular weight excluding hydrogens is 268 g/mol. The van der Waals surface area contributed by atoms with Crippen molar-refractivity contribution in [2.45, 2.75) is 45.6 Å². The molecule has 6 heteroatoms. The van der Waals surface area contributed by atoms with Crippen molar-refractivity contribution in [3.63, 3.8) is 0 Å². The van der Waals surface area contributed by atoms with E-state index in [0.717, 1.165) is 12.3 Å². The summed E-state index contributed by atoms with van der Waals surface area (Å²) < 4.78 is 0. The highest BCUT2D eigenvalue weighted by atomic mass is 16.2. The molecule has 0 radical (unpaired) electrons. The fourth-order valence-corrected chi connectivity index (χ4v) is 2.54. The summed E-state index contributed by atoms with van der Waals surface area (Å²) in [4.78, 5) is 34.0. The first-order chi connectivity index (χ1) is 9.97. The Hall–Kier alpha value is -1.56. The van der Waals surface area contributed by atoms with Gasteiger partial charge >= 0.3 is 0 Å². The Morgan fingerprint density at radius 1 is 1.33 bits per heavy atom. The van der Waals surface area contributed by atoms with E-state index in [4.69, 9.17) is 0 Å². The summed E-state index contributed by atoms with van der Waals surface area (Å²) in [5, 5.41) is 2.91. The third kappa shape index (κ3) is 4.74. The van der Waals surface area contributed by atoms with Gasteiger partial charge in [0.1, 0.15) is 5.84 Å². The minimum atomic E-state index is -0.339. The monoisotopic (exact) mass is 292 g/mol. The van der Waals surface area contributed by atoms with Crippen molar-refractivity contribution < 1.29 is 9.59 Å². The number of aliphatic imine (C=N–C) groups is 2. The van der Waals surface area contributed by atoms with Crippen LogP contribution in [0.5, 0.6) is 0 Å². The maximum absolute atomic E-state index is 11.8. The van der Waals surface area contributed by atoms with Gasteiger partial charge in [-0.3, -0.25) is 9.59 Å². The molecule has 0 spiro atoms. The Bertz CT molecular complexity index is 480. The number of rotatable bonds is 7. The van der Waals surface area contributed by atoms with E-state index in [1.54, 1.807) is 6.92 Å². The molecular formula is C15H24N4O2. The summed E-state index contributed by atoms with van der Waals surface area (Å²) in [7, 11) is 2.09. The average Bonchev–Trinajstić information content (AvgIpc) is 3.21. The van der Waals surface area contributed by atoms with E-state index in [1.165, 1.54) is 12.8 Å². The van der Waals surface area contributed by atoms with Crippen LogP contribution in [-0.2, 0) is 9.59 Å². The number of hydrogen-bond acceptors (Lipinski definition) is 4. The van der Waals surface area contributed by atoms with Crippen LogP contribution in [0.2, 0.25) is 0 Å². The molecule has 21 heavy (non-hydrogen) atoms. The first kappa shape index (κ1) is 15.8. The van der Waals surface area contributed by atoms with Crippen LogP contribution in [0.25, 0.3) is 0 Å². The lowest BCUT2D eigenvalue weighted by Gasteiger charge is -2.18. The molecule has 1 heterocycles. The first-order valence-corrected chi connectivity index (χ1v) is 7.58. The second kappa shape index (κ2) is 6.93. The minimum absolute atomic E-state index is 0.00827. The molecule has 0 aromatic rings. The average molecular weight is 292 g/mol. The lowest BCUT2D eigenvalue weighted by Crippen LogP contribution is -2.34. The number of nitrogens with one attached hydrogen (secondary N) is 1. The molecule has 1 saturated carbocycles. The Morgan fingerprint density at radius 2 is 2.05 bits per heavy atom. The predicted octanol–water partition coefficient (Wildman–Crippen LogP) is 1.01. The van der Waals surface area contributed by atoms with Crippen LogP contribution in [0, 0.1) is 5.92 Å². The van der Waals surface area contributed by atoms with Gasteiger partial charge in [0.25, 0.3) is 5.91 Å². The van der Waals surface area contributed by atoms with Gasteiger partial charge in [-0.1, -0.05) is 0 Å². The number of nitrogens with zero attached hydrogens (tertiary/aromatic N) is 3. The second-order valence-corrected chi connectivity index (χ2v) is 5.90. The van der Waals surface area contributed by atoms with Crippen LogP contribution < -0.4 is 5.32 Å². The van der Waals surface area contributed by atoms with Gasteiger partial charge in [-0.15, -0.1) is 0 Å². The highest BCUT2D eigenvalue weighted by Crippen LogP contribution is 2.24. The van der Waals surface area contributed by atoms with Gasteiger partial charge in [0.15, 0.2) is 0 Å². The Labute approximate surface area is 125 Å². The molecule has 0 saturated heterocycles. The Kier molecular flexibility index (Phi) is 5.22. The summed E-state index contributed by atoms with van der Waals surface area (Å²) in [5.74, 6) is -0.0257. The SMILES string of the molecule is CC1=NC(=O)C(CCC(=O)NCCN(C)C2CC2)C(C)=N1. The van der Waals surface area contributed by atoms with Gasteiger partial charge < -0.3 is 10.2 Å². The smallest absolute Gasteiger partial charge is 0.256 e. The third-order valence-corrected chi connectivity index (χ3v) is 4.03. The zero-order valence-corrected chi connectivity index (χ0v) is 13.1. The van der Waals surface area contributed by atoms with E-state index in [2.05, 4.69) is 27.2 Å². The molecule has 1 aliphatic carbocycles. The topological polar surface area (TPSA) is 74.1 Å². The van der Waals surface area contributed by atoms with Crippen LogP contribution in [0.4, 0.5) is 0 Å². The van der Waals surface area contributed by atoms with Gasteiger partial charge in [-0.25, -0.2) is 4.99 Å². The van der Waals surface area contributed by atoms with Crippen LogP contribution in [-0.4, -0.2) is 54.4 Å². The minimum Gasteiger partial charge on any atom is -0.355 e. The molecule has 1 atom stereocenters. The molecule has 2 amide bonds. The lowest BCUT2D eigenvalue weighted by atomic mass is 9.96. The predicted molar refractivity (Wildman–Crippen MR) is 82.6 cm³/mol. The molecule has 6 nitrogen and oxygen atoms in total. The molecule has 1 N–H and O–H groups in total. The van der Waals surface area contributed by atoms with Crippen molar-refractivity contribution >= 4 is 23.4 Å². The molecule has 0 aromatic heterocycles. The van der Waals surface area contributed by atoms with Crippen LogP contribution in [0.1, 0.15) is 39.5 Å². The second-order valence-electron chi connectivity index (χ2n) is 5.90. The number of amides is 2. The number of carbonyl (C=O) groups is 2. The van der Waals surface area contributed by atoms with E-state index in [-0.39, 0.29) is 17.7 Å². The van der Waals surface area contributed by atoms with Crippen molar-refractivity contribution in [3.05, 3.63) is 0 Å². The van der Waals surface area contributed by atoms with E-state index in [0.29, 0.717) is 31.3 Å². The molecule has 1 aliphatic heterocycles. The molecule has 0 aromatic carbocycles. The van der Waals surface area contributed by atoms with Crippen molar-refractivity contribution in [2.75, 3.05) is 20.1 Å².